The second kappa shape index (κ2) is 5.67. The molecule has 0 radical (unpaired) electrons. The zero-order valence-electron chi connectivity index (χ0n) is 10.2. The van der Waals surface area contributed by atoms with E-state index in [0.717, 1.165) is 19.4 Å². The molecule has 2 N–H and O–H groups in total. The third kappa shape index (κ3) is 2.82. The number of hydrogen-bond acceptors (Lipinski definition) is 2. The lowest BCUT2D eigenvalue weighted by molar-refractivity contribution is 0.0916. The van der Waals surface area contributed by atoms with Gasteiger partial charge in [-0.2, -0.15) is 0 Å². The molecule has 98 valence electrons. The average Bonchev–Trinajstić information content (AvgIpc) is 2.35. The van der Waals surface area contributed by atoms with E-state index in [0.29, 0.717) is 0 Å². The lowest BCUT2D eigenvalue weighted by Gasteiger charge is -2.30. The molecule has 1 amide bonds. The summed E-state index contributed by atoms with van der Waals surface area (Å²) >= 11 is 5.66. The molecule has 1 aliphatic rings. The van der Waals surface area contributed by atoms with E-state index in [1.165, 1.54) is 12.1 Å². The van der Waals surface area contributed by atoms with Crippen molar-refractivity contribution in [2.75, 3.05) is 6.54 Å². The highest BCUT2D eigenvalue weighted by Gasteiger charge is 2.24. The summed E-state index contributed by atoms with van der Waals surface area (Å²) in [6.07, 6.45) is 1.91. The van der Waals surface area contributed by atoms with Crippen LogP contribution in [0.3, 0.4) is 0 Å². The van der Waals surface area contributed by atoms with E-state index >= 15 is 0 Å². The van der Waals surface area contributed by atoms with Crippen molar-refractivity contribution >= 4 is 17.5 Å². The van der Waals surface area contributed by atoms with E-state index in [9.17, 15) is 9.18 Å². The first-order valence-electron chi connectivity index (χ1n) is 6.08. The monoisotopic (exact) mass is 270 g/mol. The van der Waals surface area contributed by atoms with Gasteiger partial charge in [0.15, 0.2) is 5.82 Å². The molecular formula is C13H16ClFN2O. The Morgan fingerprint density at radius 2 is 2.33 bits per heavy atom. The van der Waals surface area contributed by atoms with Crippen LogP contribution in [0.1, 0.15) is 30.1 Å². The fraction of sp³-hybridized carbons (Fsp3) is 0.462. The number of hydrogen-bond donors (Lipinski definition) is 2. The van der Waals surface area contributed by atoms with E-state index in [4.69, 9.17) is 11.6 Å². The van der Waals surface area contributed by atoms with Gasteiger partial charge in [0, 0.05) is 12.1 Å². The smallest absolute Gasteiger partial charge is 0.254 e. The fourth-order valence-corrected chi connectivity index (χ4v) is 2.34. The molecule has 1 fully saturated rings. The minimum atomic E-state index is -0.659. The van der Waals surface area contributed by atoms with Crippen LogP contribution in [0.4, 0.5) is 4.39 Å². The number of nitrogens with one attached hydrogen (secondary N) is 2. The van der Waals surface area contributed by atoms with E-state index < -0.39 is 11.7 Å². The van der Waals surface area contributed by atoms with Crippen molar-refractivity contribution in [3.05, 3.63) is 34.6 Å². The van der Waals surface area contributed by atoms with Crippen LogP contribution >= 0.6 is 11.6 Å². The van der Waals surface area contributed by atoms with Crippen molar-refractivity contribution in [2.24, 2.45) is 0 Å². The second-order valence-electron chi connectivity index (χ2n) is 4.57. The van der Waals surface area contributed by atoms with Gasteiger partial charge in [-0.15, -0.1) is 0 Å². The Kier molecular flexibility index (Phi) is 4.19. The molecule has 0 aromatic heterocycles. The van der Waals surface area contributed by atoms with Gasteiger partial charge in [-0.1, -0.05) is 17.7 Å². The summed E-state index contributed by atoms with van der Waals surface area (Å²) in [7, 11) is 0. The molecule has 0 spiro atoms. The topological polar surface area (TPSA) is 41.1 Å². The van der Waals surface area contributed by atoms with Crippen LogP contribution in [0, 0.1) is 5.82 Å². The molecule has 0 bridgehead atoms. The van der Waals surface area contributed by atoms with Gasteiger partial charge in [0.05, 0.1) is 10.6 Å². The summed E-state index contributed by atoms with van der Waals surface area (Å²) in [4.78, 5) is 12.0. The van der Waals surface area contributed by atoms with Gasteiger partial charge >= 0.3 is 0 Å². The number of piperidine rings is 1. The number of amides is 1. The maximum atomic E-state index is 13.7. The summed E-state index contributed by atoms with van der Waals surface area (Å²) in [6, 6.07) is 4.67. The van der Waals surface area contributed by atoms with Crippen LogP contribution in [0.2, 0.25) is 5.02 Å². The summed E-state index contributed by atoms with van der Waals surface area (Å²) in [6.45, 7) is 2.97. The highest BCUT2D eigenvalue weighted by molar-refractivity contribution is 6.31. The van der Waals surface area contributed by atoms with Gasteiger partial charge in [0.2, 0.25) is 0 Å². The highest BCUT2D eigenvalue weighted by Crippen LogP contribution is 2.18. The van der Waals surface area contributed by atoms with Gasteiger partial charge in [0.25, 0.3) is 5.91 Å². The lowest BCUT2D eigenvalue weighted by atomic mass is 9.99. The van der Waals surface area contributed by atoms with Gasteiger partial charge in [-0.3, -0.25) is 4.79 Å². The summed E-state index contributed by atoms with van der Waals surface area (Å²) in [5, 5.41) is 6.10. The third-order valence-corrected chi connectivity index (χ3v) is 3.57. The predicted molar refractivity (Wildman–Crippen MR) is 69.4 cm³/mol. The molecule has 2 unspecified atom stereocenters. The van der Waals surface area contributed by atoms with Crippen LogP contribution in [0.15, 0.2) is 18.2 Å². The molecule has 0 aliphatic carbocycles. The van der Waals surface area contributed by atoms with Crippen LogP contribution in [0.5, 0.6) is 0 Å². The number of benzene rings is 1. The number of carbonyl (C=O) groups excluding carboxylic acids is 1. The largest absolute Gasteiger partial charge is 0.348 e. The Bertz CT molecular complexity index is 453. The molecule has 1 aromatic carbocycles. The van der Waals surface area contributed by atoms with Crippen LogP contribution in [-0.2, 0) is 0 Å². The Morgan fingerprint density at radius 1 is 1.56 bits per heavy atom. The maximum absolute atomic E-state index is 13.7. The number of carbonyl (C=O) groups is 1. The van der Waals surface area contributed by atoms with Crippen molar-refractivity contribution < 1.29 is 9.18 Å². The van der Waals surface area contributed by atoms with Gasteiger partial charge in [0.1, 0.15) is 0 Å². The highest BCUT2D eigenvalue weighted by atomic mass is 35.5. The van der Waals surface area contributed by atoms with E-state index in [1.54, 1.807) is 6.07 Å². The minimum Gasteiger partial charge on any atom is -0.348 e. The Labute approximate surface area is 111 Å². The molecule has 1 saturated heterocycles. The fourth-order valence-electron chi connectivity index (χ4n) is 2.17. The summed E-state index contributed by atoms with van der Waals surface area (Å²) in [5.74, 6) is -1.07. The van der Waals surface area contributed by atoms with Gasteiger partial charge < -0.3 is 10.6 Å². The molecule has 0 saturated carbocycles. The van der Waals surface area contributed by atoms with Crippen LogP contribution in [-0.4, -0.2) is 24.5 Å². The maximum Gasteiger partial charge on any atom is 0.254 e. The molecule has 2 rings (SSSR count). The Balaban J connectivity index is 2.09. The molecule has 3 nitrogen and oxygen atoms in total. The normalized spacial score (nSPS) is 23.7. The number of halogens is 2. The molecule has 18 heavy (non-hydrogen) atoms. The molecule has 5 heteroatoms. The second-order valence-corrected chi connectivity index (χ2v) is 4.97. The Morgan fingerprint density at radius 3 is 3.06 bits per heavy atom. The SMILES string of the molecule is CC1NCCCC1NC(=O)c1cccc(Cl)c1F. The van der Waals surface area contributed by atoms with E-state index in [-0.39, 0.29) is 22.7 Å². The van der Waals surface area contributed by atoms with Crippen molar-refractivity contribution in [3.8, 4) is 0 Å². The first kappa shape index (κ1) is 13.3. The quantitative estimate of drug-likeness (QED) is 0.866. The summed E-state index contributed by atoms with van der Waals surface area (Å²) < 4.78 is 13.7. The van der Waals surface area contributed by atoms with Crippen molar-refractivity contribution in [1.29, 1.82) is 0 Å². The molecular weight excluding hydrogens is 255 g/mol. The lowest BCUT2D eigenvalue weighted by Crippen LogP contribution is -2.52. The number of rotatable bonds is 2. The molecule has 1 heterocycles. The zero-order chi connectivity index (χ0) is 13.1. The van der Waals surface area contributed by atoms with Crippen LogP contribution < -0.4 is 10.6 Å². The van der Waals surface area contributed by atoms with E-state index in [1.807, 2.05) is 6.92 Å². The van der Waals surface area contributed by atoms with Crippen molar-refractivity contribution in [1.82, 2.24) is 10.6 Å². The summed E-state index contributed by atoms with van der Waals surface area (Å²) in [5.41, 5.74) is 0.000253. The molecule has 1 aromatic rings. The minimum absolute atomic E-state index is 0.000253. The Hall–Kier alpha value is -1.13. The van der Waals surface area contributed by atoms with Crippen molar-refractivity contribution in [2.45, 2.75) is 31.8 Å². The molecule has 1 aliphatic heterocycles. The predicted octanol–water partition coefficient (Wildman–Crippen LogP) is 2.35. The zero-order valence-corrected chi connectivity index (χ0v) is 10.9. The van der Waals surface area contributed by atoms with E-state index in [2.05, 4.69) is 10.6 Å². The first-order valence-corrected chi connectivity index (χ1v) is 6.45. The third-order valence-electron chi connectivity index (χ3n) is 3.27. The van der Waals surface area contributed by atoms with Gasteiger partial charge in [-0.05, 0) is 38.4 Å². The van der Waals surface area contributed by atoms with Crippen molar-refractivity contribution in [3.63, 3.8) is 0 Å². The first-order chi connectivity index (χ1) is 8.59. The van der Waals surface area contributed by atoms with Crippen LogP contribution in [0.25, 0.3) is 0 Å². The van der Waals surface area contributed by atoms with Gasteiger partial charge in [-0.25, -0.2) is 4.39 Å². The molecule has 2 atom stereocenters. The standard InChI is InChI=1S/C13H16ClFN2O/c1-8-11(6-3-7-16-8)17-13(18)9-4-2-5-10(14)12(9)15/h2,4-5,8,11,16H,3,6-7H2,1H3,(H,17,18). The average molecular weight is 271 g/mol.